The van der Waals surface area contributed by atoms with Gasteiger partial charge in [-0.1, -0.05) is 16.9 Å². The van der Waals surface area contributed by atoms with Gasteiger partial charge in [-0.3, -0.25) is 4.28 Å². The molecule has 0 aromatic carbocycles. The predicted molar refractivity (Wildman–Crippen MR) is 71.9 cm³/mol. The summed E-state index contributed by atoms with van der Waals surface area (Å²) in [5, 5.41) is 40.2. The van der Waals surface area contributed by atoms with E-state index in [1.165, 1.54) is 0 Å². The summed E-state index contributed by atoms with van der Waals surface area (Å²) in [6, 6.07) is 0. The molecule has 12 heteroatoms. The van der Waals surface area contributed by atoms with Crippen LogP contribution < -0.4 is 0 Å². The molecule has 0 saturated carbocycles. The Kier molecular flexibility index (Phi) is 9.00. The molecule has 1 rings (SSSR count). The van der Waals surface area contributed by atoms with Crippen LogP contribution in [0.3, 0.4) is 0 Å². The van der Waals surface area contributed by atoms with Crippen molar-refractivity contribution in [1.29, 1.82) is 0 Å². The van der Waals surface area contributed by atoms with Crippen molar-refractivity contribution in [2.24, 2.45) is 5.16 Å². The molecule has 0 spiro atoms. The Morgan fingerprint density at radius 1 is 1.29 bits per heavy atom. The maximum absolute atomic E-state index is 10.1. The van der Waals surface area contributed by atoms with E-state index in [4.69, 9.17) is 9.84 Å². The molecule has 0 bridgehead atoms. The minimum absolute atomic E-state index is 0.593. The van der Waals surface area contributed by atoms with Gasteiger partial charge in [0.05, 0.1) is 6.61 Å². The van der Waals surface area contributed by atoms with Gasteiger partial charge in [0.1, 0.15) is 35.4 Å². The zero-order chi connectivity index (χ0) is 16.6. The smallest absolute Gasteiger partial charge is 0.284 e. The molecule has 0 aliphatic carbocycles. The molecular formula is C9H16NO9S2-. The molecule has 124 valence electrons. The monoisotopic (exact) mass is 346 g/mol. The first kappa shape index (κ1) is 20.3. The molecule has 0 radical (unpaired) electrons. The quantitative estimate of drug-likeness (QED) is 0.106. The Morgan fingerprint density at radius 2 is 1.86 bits per heavy atom. The molecule has 1 aliphatic rings. The van der Waals surface area contributed by atoms with Crippen molar-refractivity contribution in [2.75, 3.05) is 6.61 Å². The fourth-order valence-corrected chi connectivity index (χ4v) is 2.28. The van der Waals surface area contributed by atoms with Gasteiger partial charge < -0.3 is 29.7 Å². The van der Waals surface area contributed by atoms with Gasteiger partial charge >= 0.3 is 0 Å². The summed E-state index contributed by atoms with van der Waals surface area (Å²) in [6.07, 6.45) is -5.64. The summed E-state index contributed by atoms with van der Waals surface area (Å²) < 4.78 is 38.7. The van der Waals surface area contributed by atoms with Crippen molar-refractivity contribution < 1.29 is 42.4 Å². The summed E-state index contributed by atoms with van der Waals surface area (Å²) >= 11 is 0.597. The first-order chi connectivity index (χ1) is 9.76. The topological polar surface area (TPSA) is 169 Å². The van der Waals surface area contributed by atoms with Crippen LogP contribution in [0.4, 0.5) is 0 Å². The Hall–Kier alpha value is -0.730. The van der Waals surface area contributed by atoms with Crippen molar-refractivity contribution in [3.63, 3.8) is 0 Å². The summed E-state index contributed by atoms with van der Waals surface area (Å²) in [6.45, 7) is 5.41. The highest BCUT2D eigenvalue weighted by Gasteiger charge is 2.43. The van der Waals surface area contributed by atoms with Crippen molar-refractivity contribution in [1.82, 2.24) is 0 Å². The number of oxime groups is 1. The van der Waals surface area contributed by atoms with Crippen LogP contribution in [-0.2, 0) is 19.4 Å². The van der Waals surface area contributed by atoms with Gasteiger partial charge in [0.15, 0.2) is 0 Å². The van der Waals surface area contributed by atoms with Crippen molar-refractivity contribution in [3.05, 3.63) is 13.2 Å². The highest BCUT2D eigenvalue weighted by atomic mass is 32.3. The Balaban J connectivity index is 0.00000191. The number of hydrogen-bond acceptors (Lipinski definition) is 11. The van der Waals surface area contributed by atoms with Crippen LogP contribution in [0.2, 0.25) is 0 Å². The summed E-state index contributed by atoms with van der Waals surface area (Å²) in [5.41, 5.74) is -0.361. The highest BCUT2D eigenvalue weighted by molar-refractivity contribution is 8.12. The molecule has 0 aromatic rings. The zero-order valence-electron chi connectivity index (χ0n) is 10.7. The number of nitrogens with zero attached hydrogens (tertiary/aromatic N) is 1. The molecule has 0 aromatic heterocycles. The zero-order valence-corrected chi connectivity index (χ0v) is 12.3. The molecule has 0 unspecified atom stereocenters. The van der Waals surface area contributed by atoms with E-state index >= 15 is 0 Å². The summed E-state index contributed by atoms with van der Waals surface area (Å²) in [7, 11) is -4.97. The Bertz CT molecular complexity index is 427. The van der Waals surface area contributed by atoms with Crippen LogP contribution >= 0.6 is 11.8 Å². The molecule has 0 amide bonds. The number of hydrogen-bond donors (Lipinski definition) is 4. The van der Waals surface area contributed by atoms with E-state index in [2.05, 4.69) is 22.6 Å². The SMILES string of the molecule is C=C.O=S(=O)([O-])O/N=C\S[C@@H]1O[C@H](CO)[C@@H](O)[C@H](O)[C@H]1O. The largest absolute Gasteiger partial charge is 0.714 e. The number of thioether (sulfide) groups is 1. The van der Waals surface area contributed by atoms with Gasteiger partial charge in [-0.2, -0.15) is 8.42 Å². The van der Waals surface area contributed by atoms with Crippen LogP contribution in [-0.4, -0.2) is 75.4 Å². The van der Waals surface area contributed by atoms with Crippen LogP contribution in [0, 0.1) is 0 Å². The predicted octanol–water partition coefficient (Wildman–Crippen LogP) is -2.26. The van der Waals surface area contributed by atoms with Crippen LogP contribution in [0.5, 0.6) is 0 Å². The lowest BCUT2D eigenvalue weighted by Gasteiger charge is -2.39. The van der Waals surface area contributed by atoms with Crippen LogP contribution in [0.15, 0.2) is 18.3 Å². The molecular weight excluding hydrogens is 330 g/mol. The van der Waals surface area contributed by atoms with E-state index in [9.17, 15) is 28.3 Å². The molecule has 1 aliphatic heterocycles. The van der Waals surface area contributed by atoms with E-state index in [-0.39, 0.29) is 0 Å². The van der Waals surface area contributed by atoms with Crippen molar-refractivity contribution in [2.45, 2.75) is 29.9 Å². The van der Waals surface area contributed by atoms with Gasteiger partial charge in [-0.25, -0.2) is 0 Å². The Labute approximate surface area is 125 Å². The molecule has 1 saturated heterocycles. The van der Waals surface area contributed by atoms with E-state index in [0.29, 0.717) is 11.8 Å². The average Bonchev–Trinajstić information content (AvgIpc) is 2.44. The first-order valence-corrected chi connectivity index (χ1v) is 7.66. The second-order valence-corrected chi connectivity index (χ2v) is 5.44. The van der Waals surface area contributed by atoms with E-state index < -0.39 is 46.9 Å². The average molecular weight is 346 g/mol. The van der Waals surface area contributed by atoms with Gasteiger partial charge in [-0.05, 0) is 0 Å². The second-order valence-electron chi connectivity index (χ2n) is 3.53. The minimum atomic E-state index is -4.97. The fraction of sp³-hybridized carbons (Fsp3) is 0.667. The van der Waals surface area contributed by atoms with Crippen LogP contribution in [0.1, 0.15) is 0 Å². The number of aliphatic hydroxyl groups is 4. The number of aliphatic hydroxyl groups excluding tert-OH is 4. The third kappa shape index (κ3) is 6.71. The van der Waals surface area contributed by atoms with Crippen LogP contribution in [0.25, 0.3) is 0 Å². The Morgan fingerprint density at radius 3 is 2.33 bits per heavy atom. The van der Waals surface area contributed by atoms with Gasteiger partial charge in [-0.15, -0.1) is 13.2 Å². The molecule has 5 atom stereocenters. The van der Waals surface area contributed by atoms with Crippen molar-refractivity contribution >= 4 is 27.7 Å². The third-order valence-corrected chi connectivity index (χ3v) is 3.36. The highest BCUT2D eigenvalue weighted by Crippen LogP contribution is 2.27. The van der Waals surface area contributed by atoms with Crippen molar-refractivity contribution in [3.8, 4) is 0 Å². The minimum Gasteiger partial charge on any atom is -0.714 e. The lowest BCUT2D eigenvalue weighted by Crippen LogP contribution is -2.57. The van der Waals surface area contributed by atoms with Gasteiger partial charge in [0, 0.05) is 0 Å². The lowest BCUT2D eigenvalue weighted by atomic mass is 10.0. The normalized spacial score (nSPS) is 33.3. The maximum atomic E-state index is 10.1. The first-order valence-electron chi connectivity index (χ1n) is 5.38. The lowest BCUT2D eigenvalue weighted by molar-refractivity contribution is -0.205. The molecule has 1 heterocycles. The molecule has 1 fully saturated rings. The van der Waals surface area contributed by atoms with Gasteiger partial charge in [0.2, 0.25) is 0 Å². The molecule has 4 N–H and O–H groups in total. The summed E-state index contributed by atoms with van der Waals surface area (Å²) in [4.78, 5) is 0. The maximum Gasteiger partial charge on any atom is 0.284 e. The van der Waals surface area contributed by atoms with E-state index in [0.717, 1.165) is 5.55 Å². The van der Waals surface area contributed by atoms with E-state index in [1.54, 1.807) is 0 Å². The standard InChI is InChI=1S/C7H13NO9S2.C2H4/c9-1-3-4(10)5(11)6(12)7(16-3)18-2-8-17-19(13,14)15;1-2/h2-7,9-12H,1H2,(H,13,14,15);1-2H2/p-1/b8-2-;/t3-,4-,5+,6-,7+;/m1./s1. The second kappa shape index (κ2) is 9.32. The van der Waals surface area contributed by atoms with E-state index in [1.807, 2.05) is 0 Å². The number of rotatable bonds is 5. The third-order valence-electron chi connectivity index (χ3n) is 2.22. The molecule has 10 nitrogen and oxygen atoms in total. The number of ether oxygens (including phenoxy) is 1. The fourth-order valence-electron chi connectivity index (χ4n) is 1.33. The molecule has 21 heavy (non-hydrogen) atoms. The summed E-state index contributed by atoms with van der Waals surface area (Å²) in [5.74, 6) is 0. The van der Waals surface area contributed by atoms with Gasteiger partial charge in [0.25, 0.3) is 10.4 Å².